The quantitative estimate of drug-likeness (QED) is 0.228. The highest BCUT2D eigenvalue weighted by atomic mass is 35.5. The fourth-order valence-electron chi connectivity index (χ4n) is 5.36. The summed E-state index contributed by atoms with van der Waals surface area (Å²) in [6.45, 7) is 7.47. The zero-order chi connectivity index (χ0) is 18.7. The third-order valence-corrected chi connectivity index (χ3v) is 7.33. The average Bonchev–Trinajstić information content (AvgIpc) is 3.16. The van der Waals surface area contributed by atoms with Gasteiger partial charge in [0.1, 0.15) is 6.61 Å². The van der Waals surface area contributed by atoms with Gasteiger partial charge in [-0.05, 0) is 32.3 Å². The van der Waals surface area contributed by atoms with Gasteiger partial charge in [0.25, 0.3) is 0 Å². The van der Waals surface area contributed by atoms with E-state index < -0.39 is 11.2 Å². The Balaban J connectivity index is 1.67. The number of ether oxygens (including phenoxy) is 3. The number of hydrogen-bond acceptors (Lipinski definition) is 5. The Hall–Kier alpha value is -1.11. The number of fused-ring (bicyclic) bond motifs is 2. The molecule has 0 spiro atoms. The summed E-state index contributed by atoms with van der Waals surface area (Å²) in [7, 11) is 0. The van der Waals surface area contributed by atoms with Crippen molar-refractivity contribution in [3.8, 4) is 0 Å². The Kier molecular flexibility index (Phi) is 4.18. The van der Waals surface area contributed by atoms with Gasteiger partial charge in [-0.3, -0.25) is 9.28 Å². The summed E-state index contributed by atoms with van der Waals surface area (Å²) in [4.78, 5) is 25.5. The summed E-state index contributed by atoms with van der Waals surface area (Å²) in [6, 6.07) is 0.447. The highest BCUT2D eigenvalue weighted by Gasteiger charge is 2.58. The molecule has 0 amide bonds. The standard InChI is InChI=1S/C19H27ClNO5/c1-12-8-18(2)9-15(22)25-14-5-7-21(11-20)6-4-13(16(14)21)10-24-17(23)19(12,3)26-18/h4,12,14,16H,5-11H2,1-3H3/q+1. The highest BCUT2D eigenvalue weighted by molar-refractivity contribution is 6.17. The average molecular weight is 385 g/mol. The lowest BCUT2D eigenvalue weighted by atomic mass is 9.86. The molecule has 6 nitrogen and oxygen atoms in total. The number of rotatable bonds is 1. The molecule has 0 aromatic carbocycles. The number of carbonyl (C=O) groups excluding carboxylic acids is 2. The van der Waals surface area contributed by atoms with Crippen molar-refractivity contribution < 1.29 is 28.3 Å². The summed E-state index contributed by atoms with van der Waals surface area (Å²) < 4.78 is 18.4. The van der Waals surface area contributed by atoms with Gasteiger partial charge >= 0.3 is 11.9 Å². The Morgan fingerprint density at radius 2 is 2.12 bits per heavy atom. The van der Waals surface area contributed by atoms with Crippen LogP contribution in [0, 0.1) is 5.92 Å². The predicted molar refractivity (Wildman–Crippen MR) is 94.3 cm³/mol. The molecule has 144 valence electrons. The van der Waals surface area contributed by atoms with Gasteiger partial charge in [0.15, 0.2) is 23.8 Å². The molecule has 0 aromatic rings. The number of carbonyl (C=O) groups is 2. The number of hydrogen-bond donors (Lipinski definition) is 0. The van der Waals surface area contributed by atoms with Gasteiger partial charge in [-0.25, -0.2) is 4.79 Å². The van der Waals surface area contributed by atoms with Crippen LogP contribution in [0.2, 0.25) is 0 Å². The van der Waals surface area contributed by atoms with Crippen LogP contribution in [0.4, 0.5) is 0 Å². The second-order valence-corrected chi connectivity index (χ2v) is 9.04. The maximum Gasteiger partial charge on any atom is 0.338 e. The van der Waals surface area contributed by atoms with Gasteiger partial charge in [0.2, 0.25) is 0 Å². The first-order chi connectivity index (χ1) is 12.2. The normalized spacial score (nSPS) is 48.2. The Morgan fingerprint density at radius 1 is 1.35 bits per heavy atom. The van der Waals surface area contributed by atoms with Crippen LogP contribution in [0.25, 0.3) is 0 Å². The van der Waals surface area contributed by atoms with E-state index in [-0.39, 0.29) is 43.0 Å². The lowest BCUT2D eigenvalue weighted by Gasteiger charge is -2.35. The molecule has 3 fully saturated rings. The lowest BCUT2D eigenvalue weighted by molar-refractivity contribution is -0.915. The van der Waals surface area contributed by atoms with E-state index >= 15 is 0 Å². The molecular formula is C19H27ClNO5+. The van der Waals surface area contributed by atoms with E-state index in [1.165, 1.54) is 0 Å². The summed E-state index contributed by atoms with van der Waals surface area (Å²) >= 11 is 6.29. The van der Waals surface area contributed by atoms with Gasteiger partial charge in [0.05, 0.1) is 25.1 Å². The van der Waals surface area contributed by atoms with Crippen molar-refractivity contribution in [1.29, 1.82) is 0 Å². The van der Waals surface area contributed by atoms with Crippen LogP contribution >= 0.6 is 11.6 Å². The summed E-state index contributed by atoms with van der Waals surface area (Å²) in [5, 5.41) is 0. The molecule has 2 bridgehead atoms. The number of alkyl halides is 1. The van der Waals surface area contributed by atoms with E-state index in [9.17, 15) is 9.59 Å². The fourth-order valence-corrected chi connectivity index (χ4v) is 5.72. The first kappa shape index (κ1) is 18.3. The Labute approximate surface area is 159 Å². The van der Waals surface area contributed by atoms with Gasteiger partial charge in [-0.15, -0.1) is 0 Å². The zero-order valence-electron chi connectivity index (χ0n) is 15.6. The van der Waals surface area contributed by atoms with Gasteiger partial charge in [-0.1, -0.05) is 18.5 Å². The van der Waals surface area contributed by atoms with Crippen molar-refractivity contribution in [3.63, 3.8) is 0 Å². The van der Waals surface area contributed by atoms with Crippen molar-refractivity contribution in [2.24, 2.45) is 5.92 Å². The van der Waals surface area contributed by atoms with Crippen LogP contribution in [-0.2, 0) is 23.8 Å². The third kappa shape index (κ3) is 2.60. The first-order valence-corrected chi connectivity index (χ1v) is 9.92. The molecule has 4 rings (SSSR count). The molecule has 4 aliphatic rings. The van der Waals surface area contributed by atoms with Crippen molar-refractivity contribution in [3.05, 3.63) is 11.6 Å². The van der Waals surface area contributed by atoms with E-state index in [0.29, 0.717) is 16.9 Å². The lowest BCUT2D eigenvalue weighted by Crippen LogP contribution is -2.52. The van der Waals surface area contributed by atoms with E-state index in [4.69, 9.17) is 25.8 Å². The molecular weight excluding hydrogens is 358 g/mol. The van der Waals surface area contributed by atoms with Crippen LogP contribution in [0.5, 0.6) is 0 Å². The third-order valence-electron chi connectivity index (χ3n) is 6.85. The monoisotopic (exact) mass is 384 g/mol. The molecule has 3 saturated heterocycles. The first-order valence-electron chi connectivity index (χ1n) is 9.39. The maximum atomic E-state index is 12.8. The molecule has 0 saturated carbocycles. The smallest absolute Gasteiger partial charge is 0.338 e. The molecule has 0 aliphatic carbocycles. The topological polar surface area (TPSA) is 61.8 Å². The fraction of sp³-hybridized carbons (Fsp3) is 0.789. The van der Waals surface area contributed by atoms with E-state index in [1.54, 1.807) is 6.92 Å². The summed E-state index contributed by atoms with van der Waals surface area (Å²) in [5.41, 5.74) is -0.748. The largest absolute Gasteiger partial charge is 0.459 e. The van der Waals surface area contributed by atoms with Gasteiger partial charge in [0, 0.05) is 12.0 Å². The van der Waals surface area contributed by atoms with Crippen LogP contribution in [0.15, 0.2) is 11.6 Å². The molecule has 26 heavy (non-hydrogen) atoms. The summed E-state index contributed by atoms with van der Waals surface area (Å²) in [6.07, 6.45) is 3.41. The molecule has 4 heterocycles. The molecule has 6 unspecified atom stereocenters. The second-order valence-electron chi connectivity index (χ2n) is 8.80. The molecule has 7 heteroatoms. The maximum absolute atomic E-state index is 12.8. The number of halogens is 1. The minimum absolute atomic E-state index is 0.0136. The predicted octanol–water partition coefficient (Wildman–Crippen LogP) is 2.14. The number of cyclic esters (lactones) is 1. The van der Waals surface area contributed by atoms with Crippen molar-refractivity contribution >= 4 is 23.5 Å². The second kappa shape index (κ2) is 5.94. The molecule has 4 aliphatic heterocycles. The van der Waals surface area contributed by atoms with Crippen molar-refractivity contribution in [1.82, 2.24) is 0 Å². The number of esters is 2. The van der Waals surface area contributed by atoms with E-state index in [0.717, 1.165) is 25.1 Å². The van der Waals surface area contributed by atoms with Crippen LogP contribution in [0.3, 0.4) is 0 Å². The minimum Gasteiger partial charge on any atom is -0.459 e. The van der Waals surface area contributed by atoms with Gasteiger partial charge < -0.3 is 14.2 Å². The minimum atomic E-state index is -1.04. The molecule has 0 radical (unpaired) electrons. The van der Waals surface area contributed by atoms with Crippen LogP contribution < -0.4 is 0 Å². The van der Waals surface area contributed by atoms with Crippen molar-refractivity contribution in [2.75, 3.05) is 25.7 Å². The molecule has 0 aromatic heterocycles. The van der Waals surface area contributed by atoms with Gasteiger partial charge in [-0.2, -0.15) is 0 Å². The highest BCUT2D eigenvalue weighted by Crippen LogP contribution is 2.46. The SMILES string of the molecule is CC1CC2(C)CC(=O)OC3CC[N+]4(CCl)CC=C(COC(=O)C1(C)O2)C34. The number of quaternary nitrogens is 1. The molecule has 0 N–H and O–H groups in total. The summed E-state index contributed by atoms with van der Waals surface area (Å²) in [5.74, 6) is -0.652. The van der Waals surface area contributed by atoms with Crippen molar-refractivity contribution in [2.45, 2.75) is 63.4 Å². The van der Waals surface area contributed by atoms with Crippen LogP contribution in [0.1, 0.15) is 40.0 Å². The molecule has 6 atom stereocenters. The number of nitrogens with zero attached hydrogens (tertiary/aromatic N) is 1. The Bertz CT molecular complexity index is 681. The Morgan fingerprint density at radius 3 is 2.85 bits per heavy atom. The van der Waals surface area contributed by atoms with E-state index in [2.05, 4.69) is 6.08 Å². The van der Waals surface area contributed by atoms with E-state index in [1.807, 2.05) is 13.8 Å². The van der Waals surface area contributed by atoms with Crippen LogP contribution in [-0.4, -0.2) is 65.5 Å². The zero-order valence-corrected chi connectivity index (χ0v) is 16.4.